The van der Waals surface area contributed by atoms with Gasteiger partial charge in [-0.05, 0) is 56.2 Å². The van der Waals surface area contributed by atoms with Crippen molar-refractivity contribution in [2.75, 3.05) is 12.5 Å². The van der Waals surface area contributed by atoms with Gasteiger partial charge in [0, 0.05) is 5.56 Å². The maximum absolute atomic E-state index is 13.0. The molecule has 0 fully saturated rings. The molecule has 0 saturated heterocycles. The number of carbonyl (C=O) groups excluding carboxylic acids is 2. The first-order chi connectivity index (χ1) is 16.1. The summed E-state index contributed by atoms with van der Waals surface area (Å²) in [6.07, 6.45) is 1.18. The Morgan fingerprint density at radius 3 is 2.18 bits per heavy atom. The van der Waals surface area contributed by atoms with Crippen molar-refractivity contribution in [2.24, 2.45) is 5.10 Å². The number of anilines is 1. The summed E-state index contributed by atoms with van der Waals surface area (Å²) < 4.78 is 10.1. The van der Waals surface area contributed by atoms with Crippen molar-refractivity contribution >= 4 is 23.8 Å². The molecule has 0 spiro atoms. The monoisotopic (exact) mass is 464 g/mol. The van der Waals surface area contributed by atoms with Crippen LogP contribution in [0.3, 0.4) is 0 Å². The Morgan fingerprint density at radius 2 is 1.53 bits per heavy atom. The molecule has 0 aliphatic carbocycles. The van der Waals surface area contributed by atoms with Crippen LogP contribution in [0.1, 0.15) is 43.0 Å². The van der Waals surface area contributed by atoms with E-state index in [1.807, 2.05) is 18.2 Å². The number of ether oxygens (including phenoxy) is 2. The number of phenolic OH excluding ortho intramolecular Hbond substituents is 3. The summed E-state index contributed by atoms with van der Waals surface area (Å²) in [5, 5.41) is 35.4. The molecule has 0 atom stereocenters. The third-order valence-corrected chi connectivity index (χ3v) is 5.18. The molecule has 3 aromatic rings. The minimum absolute atomic E-state index is 0.000453. The topological polar surface area (TPSA) is 138 Å². The van der Waals surface area contributed by atoms with Gasteiger partial charge in [-0.3, -0.25) is 5.43 Å². The largest absolute Gasteiger partial charge is 0.507 e. The highest BCUT2D eigenvalue weighted by Gasteiger charge is 2.25. The second-order valence-corrected chi connectivity index (χ2v) is 7.51. The number of hydrazone groups is 1. The first-order valence-electron chi connectivity index (χ1n) is 10.2. The van der Waals surface area contributed by atoms with Crippen LogP contribution in [0.2, 0.25) is 0 Å². The molecule has 9 heteroatoms. The van der Waals surface area contributed by atoms with Crippen LogP contribution in [0.25, 0.3) is 0 Å². The minimum atomic E-state index is -0.923. The van der Waals surface area contributed by atoms with Crippen LogP contribution in [-0.2, 0) is 4.74 Å². The number of carbonyl (C=O) groups is 2. The molecule has 0 aliphatic heterocycles. The van der Waals surface area contributed by atoms with Gasteiger partial charge < -0.3 is 24.8 Å². The number of methoxy groups -OCH3 is 1. The van der Waals surface area contributed by atoms with Crippen LogP contribution in [0, 0.1) is 20.8 Å². The number of rotatable bonds is 6. The van der Waals surface area contributed by atoms with E-state index in [2.05, 4.69) is 15.3 Å². The number of nitrogens with one attached hydrogen (secondary N) is 1. The number of aryl methyl sites for hydroxylation is 2. The van der Waals surface area contributed by atoms with Gasteiger partial charge in [-0.2, -0.15) is 5.10 Å². The van der Waals surface area contributed by atoms with E-state index in [0.717, 1.165) is 0 Å². The Morgan fingerprint density at radius 1 is 0.912 bits per heavy atom. The Kier molecular flexibility index (Phi) is 7.06. The van der Waals surface area contributed by atoms with Gasteiger partial charge in [-0.25, -0.2) is 9.59 Å². The Labute approximate surface area is 195 Å². The average Bonchev–Trinajstić information content (AvgIpc) is 2.79. The maximum atomic E-state index is 13.0. The zero-order chi connectivity index (χ0) is 25.0. The molecule has 0 aromatic heterocycles. The summed E-state index contributed by atoms with van der Waals surface area (Å²) in [5.74, 6) is -2.82. The summed E-state index contributed by atoms with van der Waals surface area (Å²) >= 11 is 0. The number of phenols is 3. The predicted molar refractivity (Wildman–Crippen MR) is 126 cm³/mol. The molecule has 34 heavy (non-hydrogen) atoms. The number of hydrogen-bond donors (Lipinski definition) is 4. The minimum Gasteiger partial charge on any atom is -0.507 e. The molecule has 0 bridgehead atoms. The molecule has 3 rings (SSSR count). The molecule has 0 heterocycles. The van der Waals surface area contributed by atoms with Crippen molar-refractivity contribution in [1.29, 1.82) is 0 Å². The van der Waals surface area contributed by atoms with Crippen LogP contribution in [-0.4, -0.2) is 40.6 Å². The van der Waals surface area contributed by atoms with Crippen LogP contribution < -0.4 is 10.2 Å². The van der Waals surface area contributed by atoms with E-state index in [0.29, 0.717) is 11.3 Å². The Bertz CT molecular complexity index is 1280. The van der Waals surface area contributed by atoms with E-state index in [4.69, 9.17) is 4.74 Å². The zero-order valence-electron chi connectivity index (χ0n) is 19.0. The number of hydrogen-bond acceptors (Lipinski definition) is 9. The fourth-order valence-electron chi connectivity index (χ4n) is 3.35. The average molecular weight is 464 g/mol. The number of esters is 2. The molecule has 9 nitrogen and oxygen atoms in total. The van der Waals surface area contributed by atoms with Crippen molar-refractivity contribution in [3.05, 3.63) is 75.8 Å². The van der Waals surface area contributed by atoms with Gasteiger partial charge in [0.2, 0.25) is 0 Å². The third kappa shape index (κ3) is 4.78. The van der Waals surface area contributed by atoms with Crippen LogP contribution >= 0.6 is 0 Å². The molecule has 3 aromatic carbocycles. The predicted octanol–water partition coefficient (Wildman–Crippen LogP) is 4.18. The molecular formula is C25H24N2O7. The van der Waals surface area contributed by atoms with E-state index in [-0.39, 0.29) is 45.1 Å². The fourth-order valence-corrected chi connectivity index (χ4v) is 3.35. The number of para-hydroxylation sites is 1. The van der Waals surface area contributed by atoms with Crippen molar-refractivity contribution in [3.8, 4) is 23.0 Å². The number of aromatic hydroxyl groups is 3. The van der Waals surface area contributed by atoms with E-state index >= 15 is 0 Å². The summed E-state index contributed by atoms with van der Waals surface area (Å²) in [5.41, 5.74) is 3.88. The second-order valence-electron chi connectivity index (χ2n) is 7.51. The van der Waals surface area contributed by atoms with E-state index in [1.165, 1.54) is 39.3 Å². The summed E-state index contributed by atoms with van der Waals surface area (Å²) in [7, 11) is 1.19. The van der Waals surface area contributed by atoms with Crippen LogP contribution in [0.15, 0.2) is 47.6 Å². The fraction of sp³-hybridized carbons (Fsp3) is 0.160. The van der Waals surface area contributed by atoms with E-state index < -0.39 is 17.7 Å². The maximum Gasteiger partial charge on any atom is 0.347 e. The van der Waals surface area contributed by atoms with Crippen molar-refractivity contribution in [2.45, 2.75) is 20.8 Å². The van der Waals surface area contributed by atoms with Gasteiger partial charge in [0.25, 0.3) is 0 Å². The first kappa shape index (κ1) is 24.1. The van der Waals surface area contributed by atoms with Crippen molar-refractivity contribution in [1.82, 2.24) is 0 Å². The normalized spacial score (nSPS) is 10.8. The van der Waals surface area contributed by atoms with Gasteiger partial charge in [0.1, 0.15) is 34.1 Å². The van der Waals surface area contributed by atoms with Crippen molar-refractivity contribution in [3.63, 3.8) is 0 Å². The van der Waals surface area contributed by atoms with Crippen molar-refractivity contribution < 1.29 is 34.4 Å². The van der Waals surface area contributed by atoms with Gasteiger partial charge in [0.05, 0.1) is 24.6 Å². The highest BCUT2D eigenvalue weighted by Crippen LogP contribution is 2.36. The molecule has 0 aliphatic rings. The molecular weight excluding hydrogens is 440 g/mol. The number of benzene rings is 3. The Hall–Kier alpha value is -4.53. The molecule has 0 saturated carbocycles. The molecule has 176 valence electrons. The highest BCUT2D eigenvalue weighted by molar-refractivity contribution is 6.01. The zero-order valence-corrected chi connectivity index (χ0v) is 19.0. The van der Waals surface area contributed by atoms with E-state index in [1.54, 1.807) is 19.1 Å². The second kappa shape index (κ2) is 9.95. The highest BCUT2D eigenvalue weighted by atomic mass is 16.5. The molecule has 0 amide bonds. The molecule has 0 unspecified atom stereocenters. The first-order valence-corrected chi connectivity index (χ1v) is 10.2. The van der Waals surface area contributed by atoms with Gasteiger partial charge >= 0.3 is 11.9 Å². The van der Waals surface area contributed by atoms with Gasteiger partial charge in [-0.1, -0.05) is 18.2 Å². The lowest BCUT2D eigenvalue weighted by Crippen LogP contribution is -2.13. The van der Waals surface area contributed by atoms with Gasteiger partial charge in [-0.15, -0.1) is 0 Å². The lowest BCUT2D eigenvalue weighted by atomic mass is 10.0. The lowest BCUT2D eigenvalue weighted by Gasteiger charge is -2.16. The van der Waals surface area contributed by atoms with Crippen LogP contribution in [0.4, 0.5) is 5.69 Å². The molecule has 0 radical (unpaired) electrons. The van der Waals surface area contributed by atoms with Gasteiger partial charge in [0.15, 0.2) is 0 Å². The van der Waals surface area contributed by atoms with Crippen LogP contribution in [0.5, 0.6) is 23.0 Å². The standard InChI is InChI=1S/C25H24N2O7/c1-13-10-18(28)17(12-26-27-16-8-6-5-7-9-16)23(30)21(13)25(32)34-19-11-14(2)20(24(31)33-4)22(29)15(19)3/h5-12,27-30H,1-4H3/b26-12+. The Balaban J connectivity index is 1.94. The van der Waals surface area contributed by atoms with E-state index in [9.17, 15) is 24.9 Å². The summed E-state index contributed by atoms with van der Waals surface area (Å²) in [4.78, 5) is 24.9. The molecule has 4 N–H and O–H groups in total. The summed E-state index contributed by atoms with van der Waals surface area (Å²) in [6.45, 7) is 4.55. The SMILES string of the molecule is COC(=O)c1c(C)cc(OC(=O)c2c(C)cc(O)c(/C=N/Nc3ccccc3)c2O)c(C)c1O. The third-order valence-electron chi connectivity index (χ3n) is 5.18. The summed E-state index contributed by atoms with van der Waals surface area (Å²) in [6, 6.07) is 11.7. The quantitative estimate of drug-likeness (QED) is 0.184. The number of nitrogens with zero attached hydrogens (tertiary/aromatic N) is 1. The smallest absolute Gasteiger partial charge is 0.347 e. The lowest BCUT2D eigenvalue weighted by molar-refractivity contribution is 0.0596.